The Morgan fingerprint density at radius 3 is 2.67 bits per heavy atom. The van der Waals surface area contributed by atoms with Crippen molar-refractivity contribution in [3.63, 3.8) is 0 Å². The summed E-state index contributed by atoms with van der Waals surface area (Å²) in [6.45, 7) is 9.08. The van der Waals surface area contributed by atoms with Crippen molar-refractivity contribution in [2.75, 3.05) is 37.7 Å². The Labute approximate surface area is 182 Å². The molecular formula is C19H28IN5OS. The SMILES string of the molecule is CC(C)COc1ccccc1CN=C(N)N1CCN(c2nccs2)CC1.I. The van der Waals surface area contributed by atoms with Crippen LogP contribution in [0.3, 0.4) is 0 Å². The highest BCUT2D eigenvalue weighted by molar-refractivity contribution is 14.0. The number of benzene rings is 1. The van der Waals surface area contributed by atoms with Gasteiger partial charge in [0.05, 0.1) is 13.2 Å². The van der Waals surface area contributed by atoms with E-state index in [1.165, 1.54) is 0 Å². The van der Waals surface area contributed by atoms with E-state index in [-0.39, 0.29) is 24.0 Å². The van der Waals surface area contributed by atoms with Crippen molar-refractivity contribution in [1.29, 1.82) is 0 Å². The molecule has 1 aromatic heterocycles. The van der Waals surface area contributed by atoms with Crippen molar-refractivity contribution in [1.82, 2.24) is 9.88 Å². The van der Waals surface area contributed by atoms with Crippen molar-refractivity contribution in [2.45, 2.75) is 20.4 Å². The number of halogens is 1. The predicted octanol–water partition coefficient (Wildman–Crippen LogP) is 3.43. The highest BCUT2D eigenvalue weighted by Gasteiger charge is 2.19. The minimum absolute atomic E-state index is 0. The van der Waals surface area contributed by atoms with Gasteiger partial charge in [-0.05, 0) is 12.0 Å². The van der Waals surface area contributed by atoms with Gasteiger partial charge in [-0.1, -0.05) is 32.0 Å². The first-order valence-electron chi connectivity index (χ1n) is 9.03. The molecule has 0 bridgehead atoms. The number of rotatable bonds is 6. The lowest BCUT2D eigenvalue weighted by Crippen LogP contribution is -2.51. The summed E-state index contributed by atoms with van der Waals surface area (Å²) in [5, 5.41) is 3.09. The maximum absolute atomic E-state index is 6.24. The zero-order valence-electron chi connectivity index (χ0n) is 15.9. The summed E-state index contributed by atoms with van der Waals surface area (Å²) in [4.78, 5) is 13.4. The first kappa shape index (κ1) is 21.7. The molecule has 2 aromatic rings. The Morgan fingerprint density at radius 2 is 2.00 bits per heavy atom. The molecule has 2 N–H and O–H groups in total. The van der Waals surface area contributed by atoms with E-state index in [0.29, 0.717) is 25.0 Å². The van der Waals surface area contributed by atoms with Crippen LogP contribution in [-0.4, -0.2) is 48.6 Å². The molecule has 0 spiro atoms. The molecule has 6 nitrogen and oxygen atoms in total. The Morgan fingerprint density at radius 1 is 1.26 bits per heavy atom. The molecule has 0 unspecified atom stereocenters. The number of para-hydroxylation sites is 1. The van der Waals surface area contributed by atoms with Gasteiger partial charge in [0.1, 0.15) is 5.75 Å². The van der Waals surface area contributed by atoms with Crippen LogP contribution in [-0.2, 0) is 6.54 Å². The predicted molar refractivity (Wildman–Crippen MR) is 123 cm³/mol. The largest absolute Gasteiger partial charge is 0.493 e. The lowest BCUT2D eigenvalue weighted by Gasteiger charge is -2.35. The molecular weight excluding hydrogens is 473 g/mol. The summed E-state index contributed by atoms with van der Waals surface area (Å²) in [6, 6.07) is 8.04. The number of aromatic nitrogens is 1. The number of ether oxygens (including phenoxy) is 1. The summed E-state index contributed by atoms with van der Waals surface area (Å²) in [7, 11) is 0. The molecule has 2 heterocycles. The molecule has 0 aliphatic carbocycles. The van der Waals surface area contributed by atoms with Crippen molar-refractivity contribution in [2.24, 2.45) is 16.6 Å². The van der Waals surface area contributed by atoms with Crippen LogP contribution < -0.4 is 15.4 Å². The molecule has 0 atom stereocenters. The number of nitrogens with two attached hydrogens (primary N) is 1. The summed E-state index contributed by atoms with van der Waals surface area (Å²) in [6.07, 6.45) is 1.85. The van der Waals surface area contributed by atoms with Gasteiger partial charge in [-0.25, -0.2) is 9.98 Å². The Kier molecular flexibility index (Phi) is 8.62. The third kappa shape index (κ3) is 6.24. The number of hydrogen-bond donors (Lipinski definition) is 1. The number of piperazine rings is 1. The standard InChI is InChI=1S/C19H27N5OS.HI/c1-15(2)14-25-17-6-4-3-5-16(17)13-22-18(20)23-8-10-24(11-9-23)19-21-7-12-26-19;/h3-7,12,15H,8-11,13-14H2,1-2H3,(H2,20,22);1H. The first-order valence-corrected chi connectivity index (χ1v) is 9.91. The molecule has 0 amide bonds. The van der Waals surface area contributed by atoms with Gasteiger partial charge in [0.15, 0.2) is 11.1 Å². The van der Waals surface area contributed by atoms with Gasteiger partial charge < -0.3 is 20.3 Å². The number of guanidine groups is 1. The normalized spacial score (nSPS) is 15.0. The highest BCUT2D eigenvalue weighted by Crippen LogP contribution is 2.21. The van der Waals surface area contributed by atoms with Crippen molar-refractivity contribution in [3.8, 4) is 5.75 Å². The molecule has 1 fully saturated rings. The van der Waals surface area contributed by atoms with Gasteiger partial charge in [0.2, 0.25) is 0 Å². The lowest BCUT2D eigenvalue weighted by atomic mass is 10.2. The maximum atomic E-state index is 6.24. The number of aliphatic imine (C=N–C) groups is 1. The molecule has 0 radical (unpaired) electrons. The van der Waals surface area contributed by atoms with Gasteiger partial charge >= 0.3 is 0 Å². The number of hydrogen-bond acceptors (Lipinski definition) is 5. The van der Waals surface area contributed by atoms with E-state index >= 15 is 0 Å². The zero-order chi connectivity index (χ0) is 18.4. The van der Waals surface area contributed by atoms with Crippen LogP contribution in [0.1, 0.15) is 19.4 Å². The quantitative estimate of drug-likeness (QED) is 0.373. The van der Waals surface area contributed by atoms with Gasteiger partial charge in [0.25, 0.3) is 0 Å². The molecule has 1 aliphatic rings. The van der Waals surface area contributed by atoms with Crippen molar-refractivity contribution < 1.29 is 4.74 Å². The molecule has 3 rings (SSSR count). The smallest absolute Gasteiger partial charge is 0.191 e. The van der Waals surface area contributed by atoms with E-state index < -0.39 is 0 Å². The first-order chi connectivity index (χ1) is 12.6. The second kappa shape index (κ2) is 10.7. The summed E-state index contributed by atoms with van der Waals surface area (Å²) in [5.74, 6) is 1.99. The van der Waals surface area contributed by atoms with E-state index in [1.54, 1.807) is 11.3 Å². The highest BCUT2D eigenvalue weighted by atomic mass is 127. The molecule has 1 saturated heterocycles. The van der Waals surface area contributed by atoms with E-state index in [4.69, 9.17) is 10.5 Å². The Balaban J connectivity index is 0.00000261. The van der Waals surface area contributed by atoms with Crippen LogP contribution in [0, 0.1) is 5.92 Å². The van der Waals surface area contributed by atoms with E-state index in [2.05, 4.69) is 33.6 Å². The molecule has 1 aromatic carbocycles. The average Bonchev–Trinajstić information content (AvgIpc) is 3.20. The van der Waals surface area contributed by atoms with Crippen molar-refractivity contribution >= 4 is 46.4 Å². The van der Waals surface area contributed by atoms with Crippen molar-refractivity contribution in [3.05, 3.63) is 41.4 Å². The summed E-state index contributed by atoms with van der Waals surface area (Å²) < 4.78 is 5.90. The van der Waals surface area contributed by atoms with E-state index in [9.17, 15) is 0 Å². The van der Waals surface area contributed by atoms with Gasteiger partial charge in [-0.2, -0.15) is 0 Å². The topological polar surface area (TPSA) is 67.0 Å². The number of nitrogens with zero attached hydrogens (tertiary/aromatic N) is 4. The fraction of sp³-hybridized carbons (Fsp3) is 0.474. The molecule has 1 aliphatic heterocycles. The Bertz CT molecular complexity index is 715. The van der Waals surface area contributed by atoms with Crippen LogP contribution in [0.5, 0.6) is 5.75 Å². The Hall–Kier alpha value is -1.55. The third-order valence-electron chi connectivity index (χ3n) is 4.25. The fourth-order valence-electron chi connectivity index (χ4n) is 2.80. The van der Waals surface area contributed by atoms with Crippen LogP contribution in [0.15, 0.2) is 40.8 Å². The van der Waals surface area contributed by atoms with Crippen LogP contribution >= 0.6 is 35.3 Å². The van der Waals surface area contributed by atoms with E-state index in [1.807, 2.05) is 35.8 Å². The van der Waals surface area contributed by atoms with Crippen LogP contribution in [0.4, 0.5) is 5.13 Å². The summed E-state index contributed by atoms with van der Waals surface area (Å²) in [5.41, 5.74) is 7.30. The molecule has 8 heteroatoms. The zero-order valence-corrected chi connectivity index (χ0v) is 19.0. The van der Waals surface area contributed by atoms with Gasteiger partial charge in [-0.15, -0.1) is 35.3 Å². The molecule has 148 valence electrons. The minimum Gasteiger partial charge on any atom is -0.493 e. The number of thiazole rings is 1. The lowest BCUT2D eigenvalue weighted by molar-refractivity contribution is 0.268. The number of anilines is 1. The van der Waals surface area contributed by atoms with Crippen LogP contribution in [0.2, 0.25) is 0 Å². The van der Waals surface area contributed by atoms with Gasteiger partial charge in [-0.3, -0.25) is 0 Å². The molecule has 0 saturated carbocycles. The second-order valence-corrected chi connectivity index (χ2v) is 7.65. The summed E-state index contributed by atoms with van der Waals surface area (Å²) >= 11 is 1.68. The molecule has 27 heavy (non-hydrogen) atoms. The fourth-order valence-corrected chi connectivity index (χ4v) is 3.49. The monoisotopic (exact) mass is 501 g/mol. The average molecular weight is 501 g/mol. The van der Waals surface area contributed by atoms with E-state index in [0.717, 1.165) is 42.6 Å². The maximum Gasteiger partial charge on any atom is 0.191 e. The minimum atomic E-state index is 0. The third-order valence-corrected chi connectivity index (χ3v) is 5.08. The van der Waals surface area contributed by atoms with Gasteiger partial charge in [0, 0.05) is 43.3 Å². The van der Waals surface area contributed by atoms with Crippen LogP contribution in [0.25, 0.3) is 0 Å². The second-order valence-electron chi connectivity index (χ2n) is 6.78.